The third-order valence-electron chi connectivity index (χ3n) is 20.5. The topological polar surface area (TPSA) is 320 Å². The minimum absolute atomic E-state index is 0.000783. The van der Waals surface area contributed by atoms with Crippen LogP contribution < -0.4 is 33.9 Å². The number of nitrogens with two attached hydrogens (primary N) is 3. The number of amides is 3. The maximum atomic E-state index is 14.3. The summed E-state index contributed by atoms with van der Waals surface area (Å²) in [5.41, 5.74) is 24.2. The Labute approximate surface area is 698 Å². The Hall–Kier alpha value is -11.9. The molecule has 9 heterocycles. The number of aryl methyl sites for hydroxylation is 4. The number of carbonyl (C=O) groups excluding carboxylic acids is 3. The van der Waals surface area contributed by atoms with Gasteiger partial charge in [-0.3, -0.25) is 42.5 Å². The molecule has 9 aromatic heterocycles. The van der Waals surface area contributed by atoms with Gasteiger partial charge in [0, 0.05) is 75.3 Å². The van der Waals surface area contributed by atoms with Crippen LogP contribution in [0.1, 0.15) is 157 Å². The molecular formula is C90H89BrF3N13O10S2. The SMILES string of the molecule is Cc1ccc(C(=O)N(CCCN)C(c2nc3c(oc4ccc(F)cc43)c(=O)n2Cc2ccc(Br)o2)C(C)C)cc1.Cc1ccc(C(=O)N(CCN)C(c2nc3c(oc4ccc(F)cc43)c(=O)n2Cc2cc(C)cs2)C(C)C)cc1.Cc1ccc(C(=O)N(CCN)C(c2nc3c(oc4ccc(F)cc43)c(=O)n2Cc2ccc(C#N)s2)C(C)C)cc1. The van der Waals surface area contributed by atoms with E-state index in [0.717, 1.165) is 32.0 Å². The van der Waals surface area contributed by atoms with E-state index in [9.17, 15) is 47.2 Å². The Kier molecular flexibility index (Phi) is 26.1. The third kappa shape index (κ3) is 18.1. The summed E-state index contributed by atoms with van der Waals surface area (Å²) in [7, 11) is 0. The molecule has 0 fully saturated rings. The van der Waals surface area contributed by atoms with Gasteiger partial charge in [0.2, 0.25) is 16.7 Å². The van der Waals surface area contributed by atoms with Gasteiger partial charge in [0.15, 0.2) is 4.67 Å². The van der Waals surface area contributed by atoms with Crippen molar-refractivity contribution in [1.82, 2.24) is 43.4 Å². The summed E-state index contributed by atoms with van der Waals surface area (Å²) in [6.07, 6.45) is 0.554. The van der Waals surface area contributed by atoms with Crippen LogP contribution in [0.2, 0.25) is 0 Å². The molecule has 0 spiro atoms. The molecule has 15 rings (SSSR count). The number of nitriles is 1. The lowest BCUT2D eigenvalue weighted by Gasteiger charge is -2.35. The number of rotatable bonds is 25. The highest BCUT2D eigenvalue weighted by atomic mass is 79.9. The predicted octanol–water partition coefficient (Wildman–Crippen LogP) is 17.4. The summed E-state index contributed by atoms with van der Waals surface area (Å²) < 4.78 is 71.2. The van der Waals surface area contributed by atoms with E-state index >= 15 is 0 Å². The van der Waals surface area contributed by atoms with Crippen molar-refractivity contribution in [2.24, 2.45) is 35.0 Å². The van der Waals surface area contributed by atoms with Gasteiger partial charge in [-0.05, 0) is 207 Å². The third-order valence-corrected chi connectivity index (χ3v) is 23.0. The van der Waals surface area contributed by atoms with Gasteiger partial charge in [-0.1, -0.05) is 94.6 Å². The van der Waals surface area contributed by atoms with Crippen LogP contribution >= 0.6 is 38.6 Å². The number of benzene rings is 6. The van der Waals surface area contributed by atoms with Crippen LogP contribution in [-0.4, -0.2) is 100 Å². The van der Waals surface area contributed by atoms with E-state index in [-0.39, 0.29) is 120 Å². The summed E-state index contributed by atoms with van der Waals surface area (Å²) in [4.78, 5) is 106. The van der Waals surface area contributed by atoms with Gasteiger partial charge >= 0.3 is 0 Å². The minimum Gasteiger partial charge on any atom is -0.452 e. The zero-order valence-corrected chi connectivity index (χ0v) is 70.5. The Bertz CT molecular complexity index is 6510. The van der Waals surface area contributed by atoms with Crippen LogP contribution in [0.25, 0.3) is 66.2 Å². The van der Waals surface area contributed by atoms with E-state index in [4.69, 9.17) is 49.8 Å². The molecule has 0 radical (unpaired) electrons. The smallest absolute Gasteiger partial charge is 0.297 e. The van der Waals surface area contributed by atoms with E-state index in [0.29, 0.717) is 102 Å². The molecule has 0 aliphatic rings. The van der Waals surface area contributed by atoms with Gasteiger partial charge in [-0.15, -0.1) is 22.7 Å². The van der Waals surface area contributed by atoms with Crippen molar-refractivity contribution in [3.05, 3.63) is 293 Å². The summed E-state index contributed by atoms with van der Waals surface area (Å²) >= 11 is 6.14. The first-order chi connectivity index (χ1) is 57.1. The van der Waals surface area contributed by atoms with E-state index in [1.165, 1.54) is 75.1 Å². The number of fused-ring (bicyclic) bond motifs is 9. The summed E-state index contributed by atoms with van der Waals surface area (Å²) in [5, 5.41) is 12.5. The number of nitrogens with zero attached hydrogens (tertiary/aromatic N) is 10. The molecule has 0 aliphatic carbocycles. The highest BCUT2D eigenvalue weighted by Gasteiger charge is 2.38. The predicted molar refractivity (Wildman–Crippen MR) is 460 cm³/mol. The lowest BCUT2D eigenvalue weighted by molar-refractivity contribution is 0.0598. The van der Waals surface area contributed by atoms with Crippen molar-refractivity contribution in [1.29, 1.82) is 5.26 Å². The molecule has 23 nitrogen and oxygen atoms in total. The number of hydrogen-bond donors (Lipinski definition) is 3. The molecule has 0 saturated heterocycles. The molecule has 6 N–H and O–H groups in total. The lowest BCUT2D eigenvalue weighted by atomic mass is 9.99. The molecule has 29 heteroatoms. The average molecular weight is 1710 g/mol. The summed E-state index contributed by atoms with van der Waals surface area (Å²) in [6.45, 7) is 21.8. The Morgan fingerprint density at radius 1 is 0.462 bits per heavy atom. The first-order valence-corrected chi connectivity index (χ1v) is 41.4. The molecule has 3 atom stereocenters. The standard InChI is InChI=1S/C30H30BrFN4O4.C30H28FN5O3S.C30H31FN4O3S/c1-17(2)26(35(14-4-13-33)29(37)19-7-5-18(3)6-8-19)28-34-25-22-15-20(32)9-11-23(22)40-27(25)30(38)36(28)16-21-10-12-24(31)39-21;1-17(2)26(35(13-12-32)29(37)19-6-4-18(3)5-7-19)28-34-25-23-14-20(31)8-11-24(23)39-27(25)30(38)36(28)16-22-10-9-21(15-33)40-22;1-17(2)26(34(12-11-32)29(36)20-7-5-18(3)6-8-20)28-33-25-23-14-21(31)9-10-24(23)38-27(25)30(37)35(28)15-22-13-19(4)16-39-22/h5-12,15,17,26H,4,13-14,16,33H2,1-3H3;4-11,14,17,26H,12-13,16,32H2,1-3H3;5-10,13-14,16-17,26H,11-12,15,32H2,1-4H3. The first-order valence-electron chi connectivity index (χ1n) is 38.9. The number of halogens is 4. The maximum absolute atomic E-state index is 14.3. The van der Waals surface area contributed by atoms with Gasteiger partial charge in [0.25, 0.3) is 34.4 Å². The maximum Gasteiger partial charge on any atom is 0.297 e. The Morgan fingerprint density at radius 3 is 1.15 bits per heavy atom. The fraction of sp³-hybridized carbons (Fsp3) is 0.289. The summed E-state index contributed by atoms with van der Waals surface area (Å²) in [6, 6.07) is 43.5. The van der Waals surface area contributed by atoms with Gasteiger partial charge in [-0.25, -0.2) is 28.1 Å². The summed E-state index contributed by atoms with van der Waals surface area (Å²) in [5.74, 6) is -0.882. The number of furan rings is 4. The van der Waals surface area contributed by atoms with Crippen molar-refractivity contribution >= 4 is 123 Å². The number of thiophene rings is 2. The van der Waals surface area contributed by atoms with Crippen molar-refractivity contribution in [3.8, 4) is 6.07 Å². The molecule has 15 aromatic rings. The molecule has 119 heavy (non-hydrogen) atoms. The Morgan fingerprint density at radius 2 is 0.832 bits per heavy atom. The molecule has 614 valence electrons. The van der Waals surface area contributed by atoms with E-state index in [1.807, 2.05) is 117 Å². The zero-order valence-electron chi connectivity index (χ0n) is 67.2. The Balaban J connectivity index is 0.000000155. The quantitative estimate of drug-likeness (QED) is 0.0479. The first kappa shape index (κ1) is 85.0. The zero-order chi connectivity index (χ0) is 84.9. The van der Waals surface area contributed by atoms with Gasteiger partial charge in [0.05, 0.1) is 37.8 Å². The highest BCUT2D eigenvalue weighted by Crippen LogP contribution is 2.38. The van der Waals surface area contributed by atoms with Gasteiger partial charge in [0.1, 0.15) is 84.9 Å². The molecule has 3 amide bonds. The van der Waals surface area contributed by atoms with Crippen LogP contribution in [0.4, 0.5) is 13.2 Å². The molecule has 3 unspecified atom stereocenters. The van der Waals surface area contributed by atoms with Crippen LogP contribution in [0.3, 0.4) is 0 Å². The van der Waals surface area contributed by atoms with E-state index in [2.05, 4.69) is 22.0 Å². The normalized spacial score (nSPS) is 12.4. The van der Waals surface area contributed by atoms with Crippen LogP contribution in [0.5, 0.6) is 0 Å². The number of carbonyl (C=O) groups is 3. The second-order valence-corrected chi connectivity index (χ2v) is 33.3. The fourth-order valence-corrected chi connectivity index (χ4v) is 16.9. The molecule has 0 saturated carbocycles. The minimum atomic E-state index is -0.650. The fourth-order valence-electron chi connectivity index (χ4n) is 14.9. The van der Waals surface area contributed by atoms with Gasteiger partial charge in [-0.2, -0.15) is 5.26 Å². The van der Waals surface area contributed by atoms with Crippen molar-refractivity contribution < 1.29 is 45.2 Å². The molecule has 0 aliphatic heterocycles. The molecule has 0 bridgehead atoms. The second kappa shape index (κ2) is 36.5. The highest BCUT2D eigenvalue weighted by molar-refractivity contribution is 9.10. The number of aromatic nitrogens is 6. The largest absolute Gasteiger partial charge is 0.452 e. The van der Waals surface area contributed by atoms with Crippen molar-refractivity contribution in [3.63, 3.8) is 0 Å². The number of hydrogen-bond acceptors (Lipinski definition) is 19. The van der Waals surface area contributed by atoms with Crippen molar-refractivity contribution in [2.45, 2.75) is 113 Å². The van der Waals surface area contributed by atoms with E-state index in [1.54, 1.807) is 91.3 Å². The molecular weight excluding hydrogens is 1620 g/mol. The monoisotopic (exact) mass is 1710 g/mol. The van der Waals surface area contributed by atoms with Crippen LogP contribution in [-0.2, 0) is 19.6 Å². The lowest BCUT2D eigenvalue weighted by Crippen LogP contribution is -2.43. The average Bonchev–Trinajstić information content (AvgIpc) is 1.67. The van der Waals surface area contributed by atoms with Crippen LogP contribution in [0, 0.1) is 74.2 Å². The second-order valence-electron chi connectivity index (χ2n) is 30.4. The van der Waals surface area contributed by atoms with Gasteiger partial charge < -0.3 is 49.6 Å². The van der Waals surface area contributed by atoms with E-state index < -0.39 is 46.7 Å². The molecule has 6 aromatic carbocycles. The van der Waals surface area contributed by atoms with Crippen molar-refractivity contribution in [2.75, 3.05) is 39.3 Å². The van der Waals surface area contributed by atoms with Crippen LogP contribution in [0.15, 0.2) is 200 Å².